The van der Waals surface area contributed by atoms with Crippen LogP contribution in [-0.4, -0.2) is 63.6 Å². The summed E-state index contributed by atoms with van der Waals surface area (Å²) in [5.74, 6) is 1.67. The van der Waals surface area contributed by atoms with Crippen LogP contribution in [0.25, 0.3) is 22.2 Å². The Morgan fingerprint density at radius 2 is 1.74 bits per heavy atom. The lowest BCUT2D eigenvalue weighted by molar-refractivity contribution is -0.131. The molecule has 0 N–H and O–H groups in total. The third-order valence-electron chi connectivity index (χ3n) is 6.29. The predicted octanol–water partition coefficient (Wildman–Crippen LogP) is 2.60. The molecule has 0 aliphatic carbocycles. The third kappa shape index (κ3) is 4.84. The molecule has 0 bridgehead atoms. The van der Waals surface area contributed by atoms with E-state index in [1.54, 1.807) is 19.5 Å². The van der Waals surface area contributed by atoms with Gasteiger partial charge in [-0.25, -0.2) is 15.0 Å². The number of ether oxygens (including phenoxy) is 1. The monoisotopic (exact) mass is 470 g/mol. The van der Waals surface area contributed by atoms with Gasteiger partial charge in [-0.05, 0) is 36.4 Å². The summed E-state index contributed by atoms with van der Waals surface area (Å²) in [7, 11) is 1.64. The number of rotatable bonds is 6. The van der Waals surface area contributed by atoms with Crippen molar-refractivity contribution in [3.63, 3.8) is 0 Å². The van der Waals surface area contributed by atoms with E-state index in [0.29, 0.717) is 43.6 Å². The molecule has 35 heavy (non-hydrogen) atoms. The first kappa shape index (κ1) is 22.5. The first-order valence-corrected chi connectivity index (χ1v) is 11.6. The summed E-state index contributed by atoms with van der Waals surface area (Å²) in [6.45, 7) is 2.88. The fourth-order valence-electron chi connectivity index (χ4n) is 4.26. The molecule has 1 aliphatic heterocycles. The van der Waals surface area contributed by atoms with Crippen molar-refractivity contribution in [2.75, 3.05) is 38.2 Å². The van der Waals surface area contributed by atoms with Gasteiger partial charge in [0.2, 0.25) is 5.91 Å². The van der Waals surface area contributed by atoms with Crippen LogP contribution in [0.1, 0.15) is 6.42 Å². The van der Waals surface area contributed by atoms with E-state index in [2.05, 4.69) is 19.9 Å². The molecule has 0 radical (unpaired) electrons. The van der Waals surface area contributed by atoms with Gasteiger partial charge in [-0.15, -0.1) is 0 Å². The summed E-state index contributed by atoms with van der Waals surface area (Å²) in [6, 6.07) is 17.0. The number of benzene rings is 2. The van der Waals surface area contributed by atoms with E-state index in [1.807, 2.05) is 53.4 Å². The Kier molecular flexibility index (Phi) is 6.38. The van der Waals surface area contributed by atoms with Crippen LogP contribution in [0.3, 0.4) is 0 Å². The number of anilines is 1. The molecule has 0 atom stereocenters. The molecule has 2 aromatic heterocycles. The van der Waals surface area contributed by atoms with Crippen molar-refractivity contribution in [1.82, 2.24) is 24.4 Å². The van der Waals surface area contributed by atoms with Crippen molar-refractivity contribution in [2.24, 2.45) is 0 Å². The van der Waals surface area contributed by atoms with E-state index < -0.39 is 0 Å². The zero-order chi connectivity index (χ0) is 24.2. The maximum absolute atomic E-state index is 12.8. The number of carbonyl (C=O) groups is 1. The van der Waals surface area contributed by atoms with Crippen LogP contribution in [0.15, 0.2) is 72.0 Å². The zero-order valence-corrected chi connectivity index (χ0v) is 19.5. The fourth-order valence-corrected chi connectivity index (χ4v) is 4.26. The van der Waals surface area contributed by atoms with Crippen molar-refractivity contribution in [1.29, 1.82) is 0 Å². The zero-order valence-electron chi connectivity index (χ0n) is 19.5. The molecule has 4 aromatic rings. The highest BCUT2D eigenvalue weighted by Gasteiger charge is 2.22. The van der Waals surface area contributed by atoms with Gasteiger partial charge in [0.1, 0.15) is 17.9 Å². The maximum atomic E-state index is 12.8. The molecule has 3 heterocycles. The summed E-state index contributed by atoms with van der Waals surface area (Å²) < 4.78 is 6.74. The van der Waals surface area contributed by atoms with Crippen LogP contribution < -0.4 is 15.2 Å². The second kappa shape index (κ2) is 9.92. The topological polar surface area (TPSA) is 93.5 Å². The van der Waals surface area contributed by atoms with Crippen molar-refractivity contribution < 1.29 is 9.53 Å². The summed E-state index contributed by atoms with van der Waals surface area (Å²) in [5.41, 5.74) is 2.37. The highest BCUT2D eigenvalue weighted by Crippen LogP contribution is 2.23. The SMILES string of the molecule is COc1ccc(-c2cc(N3CCN(C(=O)CCn4cnc5ccccc5c4=O)CC3)ncn2)cc1. The number of aromatic nitrogens is 4. The number of aryl methyl sites for hydroxylation is 1. The number of fused-ring (bicyclic) bond motifs is 1. The molecule has 9 heteroatoms. The molecule has 0 unspecified atom stereocenters. The molecule has 178 valence electrons. The van der Waals surface area contributed by atoms with E-state index in [1.165, 1.54) is 10.9 Å². The van der Waals surface area contributed by atoms with E-state index in [-0.39, 0.29) is 17.9 Å². The van der Waals surface area contributed by atoms with Crippen molar-refractivity contribution in [3.05, 3.63) is 77.6 Å². The number of amides is 1. The number of para-hydroxylation sites is 1. The lowest BCUT2D eigenvalue weighted by Gasteiger charge is -2.35. The predicted molar refractivity (Wildman–Crippen MR) is 133 cm³/mol. The lowest BCUT2D eigenvalue weighted by Crippen LogP contribution is -2.49. The molecule has 5 rings (SSSR count). The van der Waals surface area contributed by atoms with Crippen LogP contribution in [0.5, 0.6) is 5.75 Å². The summed E-state index contributed by atoms with van der Waals surface area (Å²) in [6.07, 6.45) is 3.35. The standard InChI is InChI=1S/C26H26N6O3/c1-35-20-8-6-19(7-9-20)23-16-24(28-17-27-23)30-12-14-31(15-13-30)25(33)10-11-32-18-29-22-5-3-2-4-21(22)26(32)34/h2-9,16-18H,10-15H2,1H3. The highest BCUT2D eigenvalue weighted by molar-refractivity contribution is 5.78. The van der Waals surface area contributed by atoms with Gasteiger partial charge in [0.05, 0.1) is 30.0 Å². The summed E-state index contributed by atoms with van der Waals surface area (Å²) in [4.78, 5) is 42.7. The first-order chi connectivity index (χ1) is 17.1. The highest BCUT2D eigenvalue weighted by atomic mass is 16.5. The number of carbonyl (C=O) groups excluding carboxylic acids is 1. The Morgan fingerprint density at radius 1 is 0.971 bits per heavy atom. The van der Waals surface area contributed by atoms with Gasteiger partial charge in [0.15, 0.2) is 0 Å². The second-order valence-electron chi connectivity index (χ2n) is 8.37. The van der Waals surface area contributed by atoms with Gasteiger partial charge in [-0.3, -0.25) is 14.2 Å². The molecule has 0 spiro atoms. The quantitative estimate of drug-likeness (QED) is 0.428. The minimum Gasteiger partial charge on any atom is -0.497 e. The largest absolute Gasteiger partial charge is 0.497 e. The average molecular weight is 471 g/mol. The van der Waals surface area contributed by atoms with Crippen molar-refractivity contribution >= 4 is 22.6 Å². The molecular weight excluding hydrogens is 444 g/mol. The van der Waals surface area contributed by atoms with Gasteiger partial charge >= 0.3 is 0 Å². The number of methoxy groups -OCH3 is 1. The number of nitrogens with zero attached hydrogens (tertiary/aromatic N) is 6. The second-order valence-corrected chi connectivity index (χ2v) is 8.37. The van der Waals surface area contributed by atoms with E-state index >= 15 is 0 Å². The maximum Gasteiger partial charge on any atom is 0.261 e. The minimum atomic E-state index is -0.121. The van der Waals surface area contributed by atoms with Gasteiger partial charge in [0, 0.05) is 50.8 Å². The molecule has 1 amide bonds. The van der Waals surface area contributed by atoms with Crippen molar-refractivity contribution in [3.8, 4) is 17.0 Å². The Bertz CT molecular complexity index is 1390. The summed E-state index contributed by atoms with van der Waals surface area (Å²) in [5, 5.41) is 0.565. The van der Waals surface area contributed by atoms with Crippen LogP contribution >= 0.6 is 0 Å². The van der Waals surface area contributed by atoms with Crippen molar-refractivity contribution in [2.45, 2.75) is 13.0 Å². The van der Waals surface area contributed by atoms with Crippen LogP contribution in [0.2, 0.25) is 0 Å². The first-order valence-electron chi connectivity index (χ1n) is 11.6. The van der Waals surface area contributed by atoms with E-state index in [4.69, 9.17) is 4.74 Å². The number of hydrogen-bond acceptors (Lipinski definition) is 7. The minimum absolute atomic E-state index is 0.0336. The molecule has 1 fully saturated rings. The van der Waals surface area contributed by atoms with Crippen LogP contribution in [0, 0.1) is 0 Å². The lowest BCUT2D eigenvalue weighted by atomic mass is 10.1. The Morgan fingerprint density at radius 3 is 2.51 bits per heavy atom. The Hall–Kier alpha value is -4.27. The third-order valence-corrected chi connectivity index (χ3v) is 6.29. The molecule has 2 aromatic carbocycles. The average Bonchev–Trinajstić information content (AvgIpc) is 2.93. The molecule has 9 nitrogen and oxygen atoms in total. The summed E-state index contributed by atoms with van der Waals surface area (Å²) >= 11 is 0. The molecule has 1 aliphatic rings. The Labute approximate surface area is 202 Å². The molecule has 0 saturated carbocycles. The number of piperazine rings is 1. The van der Waals surface area contributed by atoms with Gasteiger partial charge in [-0.1, -0.05) is 12.1 Å². The van der Waals surface area contributed by atoms with Gasteiger partial charge < -0.3 is 14.5 Å². The van der Waals surface area contributed by atoms with Crippen LogP contribution in [-0.2, 0) is 11.3 Å². The number of hydrogen-bond donors (Lipinski definition) is 0. The normalized spacial score (nSPS) is 13.7. The van der Waals surface area contributed by atoms with E-state index in [0.717, 1.165) is 22.8 Å². The fraction of sp³-hybridized carbons (Fsp3) is 0.269. The van der Waals surface area contributed by atoms with Gasteiger partial charge in [-0.2, -0.15) is 0 Å². The molecular formula is C26H26N6O3. The smallest absolute Gasteiger partial charge is 0.261 e. The van der Waals surface area contributed by atoms with E-state index in [9.17, 15) is 9.59 Å². The van der Waals surface area contributed by atoms with Crippen LogP contribution in [0.4, 0.5) is 5.82 Å². The van der Waals surface area contributed by atoms with Gasteiger partial charge in [0.25, 0.3) is 5.56 Å². The Balaban J connectivity index is 1.18. The molecule has 1 saturated heterocycles.